The first-order valence-electron chi connectivity index (χ1n) is 7.12. The number of carboxylic acid groups (broad SMARTS) is 1. The van der Waals surface area contributed by atoms with Crippen molar-refractivity contribution in [1.82, 2.24) is 5.32 Å². The zero-order valence-electron chi connectivity index (χ0n) is 12.8. The van der Waals surface area contributed by atoms with Crippen molar-refractivity contribution >= 4 is 5.97 Å². The van der Waals surface area contributed by atoms with E-state index in [9.17, 15) is 15.0 Å². The minimum absolute atomic E-state index is 0.0135. The summed E-state index contributed by atoms with van der Waals surface area (Å²) in [5.41, 5.74) is -0.466. The quantitative estimate of drug-likeness (QED) is 0.699. The van der Waals surface area contributed by atoms with Crippen molar-refractivity contribution in [2.45, 2.75) is 38.8 Å². The largest absolute Gasteiger partial charge is 0.480 e. The molecule has 0 aromatic heterocycles. The van der Waals surface area contributed by atoms with Crippen molar-refractivity contribution in [2.24, 2.45) is 5.92 Å². The number of aliphatic carboxylic acids is 1. The molecule has 1 aromatic carbocycles. The van der Waals surface area contributed by atoms with E-state index in [1.807, 2.05) is 44.2 Å². The molecule has 3 N–H and O–H groups in total. The molecular weight excluding hydrogens is 266 g/mol. The van der Waals surface area contributed by atoms with Crippen LogP contribution in [0.25, 0.3) is 0 Å². The standard InChI is InChI=1S/C17H23NO3/c1-4-13(2)15(16(19)20)18-12-17(3,21)11-10-14-8-6-5-7-9-14/h5-9,13,15,18,21H,4,12H2,1-3H3,(H,19,20)/t13-,15+,17-/m1/s1. The summed E-state index contributed by atoms with van der Waals surface area (Å²) >= 11 is 0. The first-order chi connectivity index (χ1) is 9.85. The zero-order valence-corrected chi connectivity index (χ0v) is 12.8. The number of benzene rings is 1. The molecular formula is C17H23NO3. The van der Waals surface area contributed by atoms with Crippen LogP contribution in [-0.2, 0) is 4.79 Å². The highest BCUT2D eigenvalue weighted by Crippen LogP contribution is 2.09. The summed E-state index contributed by atoms with van der Waals surface area (Å²) in [6, 6.07) is 8.68. The van der Waals surface area contributed by atoms with Crippen LogP contribution >= 0.6 is 0 Å². The molecule has 0 radical (unpaired) electrons. The number of carbonyl (C=O) groups is 1. The van der Waals surface area contributed by atoms with Crippen LogP contribution in [0.2, 0.25) is 0 Å². The van der Waals surface area contributed by atoms with Gasteiger partial charge < -0.3 is 15.5 Å². The first kappa shape index (κ1) is 17.2. The van der Waals surface area contributed by atoms with Gasteiger partial charge in [-0.1, -0.05) is 50.3 Å². The highest BCUT2D eigenvalue weighted by atomic mass is 16.4. The van der Waals surface area contributed by atoms with Gasteiger partial charge in [-0.3, -0.25) is 4.79 Å². The van der Waals surface area contributed by atoms with Crippen molar-refractivity contribution in [3.05, 3.63) is 35.9 Å². The Bertz CT molecular complexity index is 514. The van der Waals surface area contributed by atoms with Crippen molar-refractivity contribution in [2.75, 3.05) is 6.54 Å². The van der Waals surface area contributed by atoms with Crippen LogP contribution in [0.15, 0.2) is 30.3 Å². The normalized spacial score (nSPS) is 16.2. The summed E-state index contributed by atoms with van der Waals surface area (Å²) in [6.45, 7) is 5.49. The molecule has 0 saturated carbocycles. The Morgan fingerprint density at radius 1 is 1.38 bits per heavy atom. The Balaban J connectivity index is 2.68. The van der Waals surface area contributed by atoms with Crippen molar-refractivity contribution in [1.29, 1.82) is 0 Å². The van der Waals surface area contributed by atoms with Crippen LogP contribution < -0.4 is 5.32 Å². The van der Waals surface area contributed by atoms with Gasteiger partial charge in [-0.05, 0) is 25.0 Å². The summed E-state index contributed by atoms with van der Waals surface area (Å²) in [6.07, 6.45) is 0.752. The van der Waals surface area contributed by atoms with Crippen molar-refractivity contribution < 1.29 is 15.0 Å². The van der Waals surface area contributed by atoms with E-state index in [0.29, 0.717) is 0 Å². The number of aliphatic hydroxyl groups is 1. The van der Waals surface area contributed by atoms with Gasteiger partial charge >= 0.3 is 5.97 Å². The average molecular weight is 289 g/mol. The molecule has 0 aliphatic rings. The lowest BCUT2D eigenvalue weighted by Gasteiger charge is -2.24. The van der Waals surface area contributed by atoms with Gasteiger partial charge in [0.05, 0.1) is 0 Å². The van der Waals surface area contributed by atoms with Crippen LogP contribution in [0.1, 0.15) is 32.8 Å². The molecule has 0 bridgehead atoms. The van der Waals surface area contributed by atoms with E-state index < -0.39 is 17.6 Å². The molecule has 3 atom stereocenters. The number of hydrogen-bond acceptors (Lipinski definition) is 3. The van der Waals surface area contributed by atoms with Crippen LogP contribution in [0.3, 0.4) is 0 Å². The van der Waals surface area contributed by atoms with E-state index in [0.717, 1.165) is 12.0 Å². The maximum atomic E-state index is 11.2. The predicted molar refractivity (Wildman–Crippen MR) is 82.8 cm³/mol. The fraction of sp³-hybridized carbons (Fsp3) is 0.471. The second-order valence-corrected chi connectivity index (χ2v) is 5.47. The Morgan fingerprint density at radius 3 is 2.52 bits per heavy atom. The third kappa shape index (κ3) is 5.99. The molecule has 0 aliphatic carbocycles. The van der Waals surface area contributed by atoms with Gasteiger partial charge in [-0.15, -0.1) is 0 Å². The van der Waals surface area contributed by atoms with Gasteiger partial charge in [0, 0.05) is 12.1 Å². The summed E-state index contributed by atoms with van der Waals surface area (Å²) in [5, 5.41) is 22.3. The molecule has 0 fully saturated rings. The summed E-state index contributed by atoms with van der Waals surface area (Å²) in [7, 11) is 0. The lowest BCUT2D eigenvalue weighted by Crippen LogP contribution is -2.48. The van der Waals surface area contributed by atoms with E-state index in [1.54, 1.807) is 6.92 Å². The van der Waals surface area contributed by atoms with Gasteiger partial charge in [0.1, 0.15) is 11.6 Å². The molecule has 0 spiro atoms. The maximum Gasteiger partial charge on any atom is 0.320 e. The first-order valence-corrected chi connectivity index (χ1v) is 7.12. The molecule has 1 rings (SSSR count). The molecule has 1 aromatic rings. The maximum absolute atomic E-state index is 11.2. The van der Waals surface area contributed by atoms with Crippen LogP contribution in [0.5, 0.6) is 0 Å². The molecule has 0 saturated heterocycles. The second kappa shape index (κ2) is 7.82. The molecule has 4 nitrogen and oxygen atoms in total. The highest BCUT2D eigenvalue weighted by Gasteiger charge is 2.26. The van der Waals surface area contributed by atoms with E-state index in [4.69, 9.17) is 0 Å². The average Bonchev–Trinajstić information content (AvgIpc) is 2.45. The topological polar surface area (TPSA) is 69.6 Å². The zero-order chi connectivity index (χ0) is 15.9. The minimum Gasteiger partial charge on any atom is -0.480 e. The van der Waals surface area contributed by atoms with Crippen molar-refractivity contribution in [3.63, 3.8) is 0 Å². The van der Waals surface area contributed by atoms with Crippen LogP contribution in [0.4, 0.5) is 0 Å². The summed E-state index contributed by atoms with van der Waals surface area (Å²) < 4.78 is 0. The molecule has 0 heterocycles. The van der Waals surface area contributed by atoms with E-state index >= 15 is 0 Å². The van der Waals surface area contributed by atoms with Crippen molar-refractivity contribution in [3.8, 4) is 11.8 Å². The smallest absolute Gasteiger partial charge is 0.320 e. The molecule has 114 valence electrons. The van der Waals surface area contributed by atoms with Gasteiger partial charge in [0.2, 0.25) is 0 Å². The fourth-order valence-electron chi connectivity index (χ4n) is 1.85. The number of hydrogen-bond donors (Lipinski definition) is 3. The van der Waals surface area contributed by atoms with Gasteiger partial charge in [-0.25, -0.2) is 0 Å². The molecule has 4 heteroatoms. The molecule has 0 unspecified atom stereocenters. The highest BCUT2D eigenvalue weighted by molar-refractivity contribution is 5.73. The van der Waals surface area contributed by atoms with Gasteiger partial charge in [-0.2, -0.15) is 0 Å². The third-order valence-electron chi connectivity index (χ3n) is 3.40. The number of rotatable bonds is 6. The monoisotopic (exact) mass is 289 g/mol. The predicted octanol–water partition coefficient (Wildman–Crippen LogP) is 1.88. The molecule has 21 heavy (non-hydrogen) atoms. The Morgan fingerprint density at radius 2 is 2.00 bits per heavy atom. The van der Waals surface area contributed by atoms with E-state index in [-0.39, 0.29) is 12.5 Å². The number of carboxylic acids is 1. The number of nitrogens with one attached hydrogen (secondary N) is 1. The van der Waals surface area contributed by atoms with Gasteiger partial charge in [0.25, 0.3) is 0 Å². The Hall–Kier alpha value is -1.83. The Labute approximate surface area is 126 Å². The third-order valence-corrected chi connectivity index (χ3v) is 3.40. The van der Waals surface area contributed by atoms with E-state index in [1.165, 1.54) is 0 Å². The lowest BCUT2D eigenvalue weighted by atomic mass is 9.98. The fourth-order valence-corrected chi connectivity index (χ4v) is 1.85. The second-order valence-electron chi connectivity index (χ2n) is 5.47. The van der Waals surface area contributed by atoms with Crippen LogP contribution in [0, 0.1) is 17.8 Å². The summed E-state index contributed by atoms with van der Waals surface area (Å²) in [5.74, 6) is 4.75. The molecule has 0 aliphatic heterocycles. The SMILES string of the molecule is CC[C@@H](C)[C@H](NC[C@](C)(O)C#Cc1ccccc1)C(=O)O. The Kier molecular flexibility index (Phi) is 6.41. The van der Waals surface area contributed by atoms with Gasteiger partial charge in [0.15, 0.2) is 0 Å². The van der Waals surface area contributed by atoms with E-state index in [2.05, 4.69) is 17.2 Å². The lowest BCUT2D eigenvalue weighted by molar-refractivity contribution is -0.141. The molecule has 0 amide bonds. The minimum atomic E-state index is -1.28. The van der Waals surface area contributed by atoms with Crippen LogP contribution in [-0.4, -0.2) is 34.4 Å². The summed E-state index contributed by atoms with van der Waals surface area (Å²) in [4.78, 5) is 11.2.